The Labute approximate surface area is 205 Å². The third-order valence-corrected chi connectivity index (χ3v) is 8.47. The van der Waals surface area contributed by atoms with E-state index >= 15 is 4.39 Å². The molecule has 35 heavy (non-hydrogen) atoms. The lowest BCUT2D eigenvalue weighted by Crippen LogP contribution is -2.32. The molecule has 4 aliphatic rings. The highest BCUT2D eigenvalue weighted by atomic mass is 35.5. The molecule has 6 nitrogen and oxygen atoms in total. The van der Waals surface area contributed by atoms with E-state index in [-0.39, 0.29) is 39.8 Å². The molecule has 3 aliphatic heterocycles. The maximum Gasteiger partial charge on any atom is 0.261 e. The SMILES string of the molecule is O=c1c2cc([C@H]3CCO[C@@H](C4CCOC4)C3)nc(-c3ccc(Cl)c(F)c3F)c2nc2n1C[C@@H]1C[C@H]21. The van der Waals surface area contributed by atoms with Gasteiger partial charge in [0.2, 0.25) is 0 Å². The lowest BCUT2D eigenvalue weighted by atomic mass is 9.85. The highest BCUT2D eigenvalue weighted by molar-refractivity contribution is 6.30. The Morgan fingerprint density at radius 1 is 1.06 bits per heavy atom. The minimum Gasteiger partial charge on any atom is -0.381 e. The van der Waals surface area contributed by atoms with Crippen molar-refractivity contribution in [3.63, 3.8) is 0 Å². The van der Waals surface area contributed by atoms with E-state index in [2.05, 4.69) is 0 Å². The van der Waals surface area contributed by atoms with Gasteiger partial charge in [-0.2, -0.15) is 0 Å². The van der Waals surface area contributed by atoms with Crippen molar-refractivity contribution in [2.24, 2.45) is 11.8 Å². The first-order chi connectivity index (χ1) is 17.0. The Balaban J connectivity index is 1.40. The number of benzene rings is 1. The maximum atomic E-state index is 15.1. The number of rotatable bonds is 3. The molecule has 0 radical (unpaired) electrons. The molecule has 0 amide bonds. The predicted octanol–water partition coefficient (Wildman–Crippen LogP) is 4.81. The molecule has 182 valence electrons. The third-order valence-electron chi connectivity index (χ3n) is 8.18. The van der Waals surface area contributed by atoms with Crippen LogP contribution in [0, 0.1) is 23.5 Å². The van der Waals surface area contributed by atoms with Crippen LogP contribution >= 0.6 is 11.6 Å². The largest absolute Gasteiger partial charge is 0.381 e. The number of pyridine rings is 1. The molecular weight excluding hydrogens is 476 g/mol. The average molecular weight is 500 g/mol. The van der Waals surface area contributed by atoms with Crippen LogP contribution in [0.15, 0.2) is 23.0 Å². The lowest BCUT2D eigenvalue weighted by Gasteiger charge is -2.32. The third kappa shape index (κ3) is 3.44. The van der Waals surface area contributed by atoms with Gasteiger partial charge < -0.3 is 9.47 Å². The van der Waals surface area contributed by atoms with E-state index in [1.807, 2.05) is 6.07 Å². The molecule has 0 bridgehead atoms. The van der Waals surface area contributed by atoms with Gasteiger partial charge >= 0.3 is 0 Å². The summed E-state index contributed by atoms with van der Waals surface area (Å²) in [5.41, 5.74) is 1.05. The summed E-state index contributed by atoms with van der Waals surface area (Å²) >= 11 is 5.82. The van der Waals surface area contributed by atoms with Gasteiger partial charge in [0.1, 0.15) is 17.0 Å². The number of hydrogen-bond donors (Lipinski definition) is 0. The highest BCUT2D eigenvalue weighted by Crippen LogP contribution is 2.52. The van der Waals surface area contributed by atoms with Crippen molar-refractivity contribution >= 4 is 22.5 Å². The van der Waals surface area contributed by atoms with Gasteiger partial charge in [0.25, 0.3) is 5.56 Å². The van der Waals surface area contributed by atoms with Crippen molar-refractivity contribution < 1.29 is 18.3 Å². The number of nitrogens with zero attached hydrogens (tertiary/aromatic N) is 3. The zero-order chi connectivity index (χ0) is 23.8. The fraction of sp³-hybridized carbons (Fsp3) is 0.500. The molecule has 3 aromatic rings. The quantitative estimate of drug-likeness (QED) is 0.484. The van der Waals surface area contributed by atoms with Gasteiger partial charge in [-0.15, -0.1) is 0 Å². The van der Waals surface area contributed by atoms with Gasteiger partial charge in [-0.3, -0.25) is 14.3 Å². The maximum absolute atomic E-state index is 15.1. The zero-order valence-electron chi connectivity index (χ0n) is 19.0. The molecule has 0 spiro atoms. The number of ether oxygens (including phenoxy) is 2. The molecule has 1 aromatic carbocycles. The van der Waals surface area contributed by atoms with E-state index in [0.29, 0.717) is 48.2 Å². The van der Waals surface area contributed by atoms with Crippen LogP contribution in [0.25, 0.3) is 22.2 Å². The number of fused-ring (bicyclic) bond motifs is 4. The number of hydrogen-bond acceptors (Lipinski definition) is 5. The molecule has 1 aliphatic carbocycles. The Hall–Kier alpha value is -2.42. The second-order valence-corrected chi connectivity index (χ2v) is 10.7. The van der Waals surface area contributed by atoms with Gasteiger partial charge in [-0.1, -0.05) is 11.6 Å². The van der Waals surface area contributed by atoms with E-state index in [1.54, 1.807) is 4.57 Å². The standard InChI is InChI=1S/C26H24ClF2N3O3/c27-18-2-1-15(21(28)22(18)29)23-24-17(26(33)32-10-14-7-16(14)25(32)31-24)9-19(30-23)12-4-6-35-20(8-12)13-3-5-34-11-13/h1-2,9,12-14,16,20H,3-8,10-11H2/t12-,13?,14-,16-,20+/m0/s1. The molecule has 7 rings (SSSR count). The molecule has 9 heteroatoms. The van der Waals surface area contributed by atoms with E-state index in [0.717, 1.165) is 38.1 Å². The van der Waals surface area contributed by atoms with Crippen LogP contribution in [0.2, 0.25) is 5.02 Å². The predicted molar refractivity (Wildman–Crippen MR) is 126 cm³/mol. The minimum atomic E-state index is -1.13. The molecule has 2 aromatic heterocycles. The number of halogens is 3. The van der Waals surface area contributed by atoms with Crippen molar-refractivity contribution in [2.45, 2.75) is 50.2 Å². The molecule has 2 saturated heterocycles. The van der Waals surface area contributed by atoms with Crippen molar-refractivity contribution in [3.8, 4) is 11.3 Å². The van der Waals surface area contributed by atoms with Gasteiger partial charge in [0.05, 0.1) is 23.1 Å². The summed E-state index contributed by atoms with van der Waals surface area (Å²) in [5.74, 6) is -0.411. The normalized spacial score (nSPS) is 29.4. The van der Waals surface area contributed by atoms with Crippen molar-refractivity contribution in [1.29, 1.82) is 0 Å². The van der Waals surface area contributed by atoms with Gasteiger partial charge in [-0.25, -0.2) is 13.8 Å². The van der Waals surface area contributed by atoms with Crippen LogP contribution in [0.4, 0.5) is 8.78 Å². The first-order valence-electron chi connectivity index (χ1n) is 12.3. The van der Waals surface area contributed by atoms with Crippen LogP contribution in [-0.2, 0) is 16.0 Å². The van der Waals surface area contributed by atoms with Crippen LogP contribution in [-0.4, -0.2) is 40.5 Å². The van der Waals surface area contributed by atoms with E-state index in [4.69, 9.17) is 31.0 Å². The summed E-state index contributed by atoms with van der Waals surface area (Å²) in [5, 5.41) is 0.101. The van der Waals surface area contributed by atoms with Crippen LogP contribution in [0.1, 0.15) is 49.0 Å². The minimum absolute atomic E-state index is 0.0313. The molecule has 0 N–H and O–H groups in total. The Kier molecular flexibility index (Phi) is 5.02. The van der Waals surface area contributed by atoms with Gasteiger partial charge in [0.15, 0.2) is 11.6 Å². The van der Waals surface area contributed by atoms with Gasteiger partial charge in [0, 0.05) is 48.8 Å². The zero-order valence-corrected chi connectivity index (χ0v) is 19.7. The van der Waals surface area contributed by atoms with Gasteiger partial charge in [-0.05, 0) is 49.8 Å². The first kappa shape index (κ1) is 21.8. The molecular formula is C26H24ClF2N3O3. The van der Waals surface area contributed by atoms with Crippen molar-refractivity contribution in [1.82, 2.24) is 14.5 Å². The summed E-state index contributed by atoms with van der Waals surface area (Å²) in [4.78, 5) is 23.2. The van der Waals surface area contributed by atoms with E-state index in [1.165, 1.54) is 12.1 Å². The smallest absolute Gasteiger partial charge is 0.261 e. The molecule has 5 atom stereocenters. The van der Waals surface area contributed by atoms with Crippen molar-refractivity contribution in [3.05, 3.63) is 56.7 Å². The molecule has 5 heterocycles. The summed E-state index contributed by atoms with van der Waals surface area (Å²) in [7, 11) is 0. The van der Waals surface area contributed by atoms with Crippen LogP contribution in [0.5, 0.6) is 0 Å². The molecule has 1 saturated carbocycles. The molecule has 1 unspecified atom stereocenters. The number of aromatic nitrogens is 3. The van der Waals surface area contributed by atoms with Crippen molar-refractivity contribution in [2.75, 3.05) is 19.8 Å². The van der Waals surface area contributed by atoms with E-state index < -0.39 is 11.6 Å². The highest BCUT2D eigenvalue weighted by Gasteiger charge is 2.47. The molecule has 3 fully saturated rings. The lowest BCUT2D eigenvalue weighted by molar-refractivity contribution is -0.0310. The van der Waals surface area contributed by atoms with Crippen LogP contribution in [0.3, 0.4) is 0 Å². The Morgan fingerprint density at radius 3 is 2.77 bits per heavy atom. The second-order valence-electron chi connectivity index (χ2n) is 10.3. The topological polar surface area (TPSA) is 66.2 Å². The monoisotopic (exact) mass is 499 g/mol. The fourth-order valence-electron chi connectivity index (χ4n) is 6.10. The first-order valence-corrected chi connectivity index (χ1v) is 12.7. The summed E-state index contributed by atoms with van der Waals surface area (Å²) in [6, 6.07) is 4.55. The second kappa shape index (κ2) is 8.05. The summed E-state index contributed by atoms with van der Waals surface area (Å²) < 4.78 is 43.0. The Bertz CT molecular complexity index is 1420. The van der Waals surface area contributed by atoms with Crippen LogP contribution < -0.4 is 5.56 Å². The Morgan fingerprint density at radius 2 is 1.94 bits per heavy atom. The summed E-state index contributed by atoms with van der Waals surface area (Å²) in [6.45, 7) is 2.67. The summed E-state index contributed by atoms with van der Waals surface area (Å²) in [6.07, 6.45) is 3.50. The average Bonchev–Trinajstić information content (AvgIpc) is 3.26. The van der Waals surface area contributed by atoms with E-state index in [9.17, 15) is 9.18 Å². The fourth-order valence-corrected chi connectivity index (χ4v) is 6.24.